The first-order valence-corrected chi connectivity index (χ1v) is 8.85. The summed E-state index contributed by atoms with van der Waals surface area (Å²) in [6, 6.07) is 2.92. The highest BCUT2D eigenvalue weighted by Crippen LogP contribution is 2.24. The molecule has 2 aromatic rings. The zero-order valence-corrected chi connectivity index (χ0v) is 16.7. The maximum absolute atomic E-state index is 14.0. The van der Waals surface area contributed by atoms with E-state index in [4.69, 9.17) is 0 Å². The van der Waals surface area contributed by atoms with Crippen LogP contribution in [-0.2, 0) is 10.3 Å². The summed E-state index contributed by atoms with van der Waals surface area (Å²) in [6.45, 7) is 9.27. The predicted octanol–water partition coefficient (Wildman–Crippen LogP) is 3.21. The van der Waals surface area contributed by atoms with Crippen LogP contribution in [0.5, 0.6) is 0 Å². The van der Waals surface area contributed by atoms with Crippen LogP contribution in [0, 0.1) is 5.82 Å². The summed E-state index contributed by atoms with van der Waals surface area (Å²) in [4.78, 5) is 28.0. The van der Waals surface area contributed by atoms with Gasteiger partial charge in [0.05, 0.1) is 5.54 Å². The highest BCUT2D eigenvalue weighted by Gasteiger charge is 2.26. The summed E-state index contributed by atoms with van der Waals surface area (Å²) in [5, 5.41) is 5.82. The SMILES string of the molecule is CC(=O)NC/C(C)=C/N=C(C)c1cnc(NC(C)(C)c2ncccc2F)nc1. The molecule has 2 N–H and O–H groups in total. The van der Waals surface area contributed by atoms with E-state index in [0.29, 0.717) is 18.2 Å². The fourth-order valence-electron chi connectivity index (χ4n) is 2.35. The van der Waals surface area contributed by atoms with Crippen molar-refractivity contribution in [1.82, 2.24) is 20.3 Å². The van der Waals surface area contributed by atoms with Crippen LogP contribution in [0.2, 0.25) is 0 Å². The number of anilines is 1. The molecule has 0 bridgehead atoms. The zero-order chi connectivity index (χ0) is 20.7. The lowest BCUT2D eigenvalue weighted by molar-refractivity contribution is -0.118. The predicted molar refractivity (Wildman–Crippen MR) is 108 cm³/mol. The van der Waals surface area contributed by atoms with Gasteiger partial charge in [0.1, 0.15) is 11.5 Å². The minimum absolute atomic E-state index is 0.0848. The summed E-state index contributed by atoms with van der Waals surface area (Å²) in [7, 11) is 0. The Morgan fingerprint density at radius 3 is 2.50 bits per heavy atom. The number of pyridine rings is 1. The number of amides is 1. The van der Waals surface area contributed by atoms with Crippen molar-refractivity contribution in [2.75, 3.05) is 11.9 Å². The number of aliphatic imine (C=N–C) groups is 1. The Morgan fingerprint density at radius 1 is 1.21 bits per heavy atom. The van der Waals surface area contributed by atoms with Gasteiger partial charge in [-0.2, -0.15) is 0 Å². The van der Waals surface area contributed by atoms with Crippen molar-refractivity contribution in [2.24, 2.45) is 4.99 Å². The Labute approximate surface area is 164 Å². The number of carbonyl (C=O) groups excluding carboxylic acids is 1. The molecule has 0 radical (unpaired) electrons. The highest BCUT2D eigenvalue weighted by molar-refractivity contribution is 5.98. The molecule has 28 heavy (non-hydrogen) atoms. The van der Waals surface area contributed by atoms with Crippen molar-refractivity contribution in [3.8, 4) is 0 Å². The second-order valence-corrected chi connectivity index (χ2v) is 6.98. The van der Waals surface area contributed by atoms with Gasteiger partial charge >= 0.3 is 0 Å². The maximum atomic E-state index is 14.0. The molecule has 148 valence electrons. The maximum Gasteiger partial charge on any atom is 0.223 e. The normalized spacial score (nSPS) is 12.6. The molecule has 0 aliphatic carbocycles. The van der Waals surface area contributed by atoms with E-state index in [1.54, 1.807) is 30.9 Å². The van der Waals surface area contributed by atoms with Gasteiger partial charge in [-0.1, -0.05) is 0 Å². The molecule has 7 nitrogen and oxygen atoms in total. The van der Waals surface area contributed by atoms with E-state index in [0.717, 1.165) is 16.8 Å². The molecule has 0 atom stereocenters. The van der Waals surface area contributed by atoms with Gasteiger partial charge in [-0.25, -0.2) is 14.4 Å². The number of nitrogens with zero attached hydrogens (tertiary/aromatic N) is 4. The highest BCUT2D eigenvalue weighted by atomic mass is 19.1. The van der Waals surface area contributed by atoms with Crippen molar-refractivity contribution < 1.29 is 9.18 Å². The van der Waals surface area contributed by atoms with Crippen LogP contribution in [0.4, 0.5) is 10.3 Å². The zero-order valence-electron chi connectivity index (χ0n) is 16.7. The summed E-state index contributed by atoms with van der Waals surface area (Å²) in [5.74, 6) is -0.108. The molecule has 0 saturated carbocycles. The topological polar surface area (TPSA) is 92.2 Å². The molecule has 0 fully saturated rings. The van der Waals surface area contributed by atoms with Gasteiger partial charge < -0.3 is 10.6 Å². The molecule has 2 rings (SSSR count). The van der Waals surface area contributed by atoms with E-state index in [9.17, 15) is 9.18 Å². The Balaban J connectivity index is 2.08. The number of nitrogens with one attached hydrogen (secondary N) is 2. The Hall–Kier alpha value is -3.16. The van der Waals surface area contributed by atoms with Gasteiger partial charge in [0.2, 0.25) is 11.9 Å². The van der Waals surface area contributed by atoms with Crippen molar-refractivity contribution >= 4 is 17.6 Å². The third-order valence-electron chi connectivity index (χ3n) is 3.94. The average molecular weight is 384 g/mol. The van der Waals surface area contributed by atoms with Gasteiger partial charge in [-0.05, 0) is 45.4 Å². The summed E-state index contributed by atoms with van der Waals surface area (Å²) >= 11 is 0. The molecule has 8 heteroatoms. The van der Waals surface area contributed by atoms with Crippen LogP contribution in [0.1, 0.15) is 45.9 Å². The van der Waals surface area contributed by atoms with Crippen LogP contribution in [-0.4, -0.2) is 33.1 Å². The molecule has 0 spiro atoms. The van der Waals surface area contributed by atoms with Crippen molar-refractivity contribution in [1.29, 1.82) is 0 Å². The van der Waals surface area contributed by atoms with E-state index >= 15 is 0 Å². The molecule has 1 amide bonds. The Kier molecular flexibility index (Phi) is 6.92. The number of hydrogen-bond donors (Lipinski definition) is 2. The molecular formula is C20H25FN6O. The van der Waals surface area contributed by atoms with Gasteiger partial charge in [-0.3, -0.25) is 14.8 Å². The van der Waals surface area contributed by atoms with Crippen LogP contribution < -0.4 is 10.6 Å². The van der Waals surface area contributed by atoms with Gasteiger partial charge in [0, 0.05) is 49.5 Å². The van der Waals surface area contributed by atoms with Crippen molar-refractivity contribution in [3.05, 3.63) is 59.6 Å². The first kappa shape index (κ1) is 21.1. The average Bonchev–Trinajstić information content (AvgIpc) is 2.65. The summed E-state index contributed by atoms with van der Waals surface area (Å²) in [5.41, 5.74) is 1.94. The van der Waals surface area contributed by atoms with Crippen LogP contribution in [0.25, 0.3) is 0 Å². The lowest BCUT2D eigenvalue weighted by atomic mass is 9.99. The lowest BCUT2D eigenvalue weighted by Crippen LogP contribution is -2.31. The quantitative estimate of drug-likeness (QED) is 0.715. The van der Waals surface area contributed by atoms with Crippen molar-refractivity contribution in [2.45, 2.75) is 40.2 Å². The van der Waals surface area contributed by atoms with Gasteiger partial charge in [0.15, 0.2) is 0 Å². The largest absolute Gasteiger partial charge is 0.353 e. The molecule has 0 aliphatic rings. The molecule has 0 aliphatic heterocycles. The van der Waals surface area contributed by atoms with Crippen LogP contribution >= 0.6 is 0 Å². The van der Waals surface area contributed by atoms with E-state index in [1.165, 1.54) is 13.0 Å². The second kappa shape index (κ2) is 9.16. The summed E-state index contributed by atoms with van der Waals surface area (Å²) in [6.07, 6.45) is 6.55. The smallest absolute Gasteiger partial charge is 0.223 e. The summed E-state index contributed by atoms with van der Waals surface area (Å²) < 4.78 is 14.0. The number of carbonyl (C=O) groups is 1. The monoisotopic (exact) mass is 384 g/mol. The number of rotatable bonds is 7. The van der Waals surface area contributed by atoms with Crippen LogP contribution in [0.15, 0.2) is 47.5 Å². The molecule has 0 unspecified atom stereocenters. The van der Waals surface area contributed by atoms with E-state index in [1.807, 2.05) is 27.7 Å². The van der Waals surface area contributed by atoms with E-state index in [-0.39, 0.29) is 11.7 Å². The van der Waals surface area contributed by atoms with E-state index < -0.39 is 5.54 Å². The van der Waals surface area contributed by atoms with Gasteiger partial charge in [0.25, 0.3) is 0 Å². The second-order valence-electron chi connectivity index (χ2n) is 6.98. The molecule has 0 aromatic carbocycles. The lowest BCUT2D eigenvalue weighted by Gasteiger charge is -2.25. The number of hydrogen-bond acceptors (Lipinski definition) is 6. The minimum atomic E-state index is -0.778. The molecule has 2 aromatic heterocycles. The minimum Gasteiger partial charge on any atom is -0.353 e. The van der Waals surface area contributed by atoms with Crippen molar-refractivity contribution in [3.63, 3.8) is 0 Å². The third-order valence-corrected chi connectivity index (χ3v) is 3.94. The van der Waals surface area contributed by atoms with Crippen LogP contribution in [0.3, 0.4) is 0 Å². The third kappa shape index (κ3) is 5.94. The molecule has 2 heterocycles. The van der Waals surface area contributed by atoms with Gasteiger partial charge in [-0.15, -0.1) is 0 Å². The standard InChI is InChI=1S/C20H25FN6O/c1-13(10-24-15(3)28)9-23-14(2)16-11-25-19(26-12-16)27-20(4,5)18-17(21)7-6-8-22-18/h6-9,11-12H,10H2,1-5H3,(H,24,28)(H,25,26,27)/b13-9+,23-14?. The molecular weight excluding hydrogens is 359 g/mol. The number of halogens is 1. The Morgan fingerprint density at radius 2 is 1.89 bits per heavy atom. The van der Waals surface area contributed by atoms with E-state index in [2.05, 4.69) is 30.6 Å². The number of aromatic nitrogens is 3. The fourth-order valence-corrected chi connectivity index (χ4v) is 2.35. The Bertz CT molecular complexity index is 890. The first-order chi connectivity index (χ1) is 13.2. The first-order valence-electron chi connectivity index (χ1n) is 8.85. The molecule has 0 saturated heterocycles. The fraction of sp³-hybridized carbons (Fsp3) is 0.350.